The number of nitrogens with one attached hydrogen (secondary N) is 1. The predicted octanol–water partition coefficient (Wildman–Crippen LogP) is 3.83. The van der Waals surface area contributed by atoms with Crippen molar-refractivity contribution in [3.05, 3.63) is 36.0 Å². The Kier molecular flexibility index (Phi) is 5.79. The van der Waals surface area contributed by atoms with Gasteiger partial charge in [-0.3, -0.25) is 0 Å². The van der Waals surface area contributed by atoms with E-state index >= 15 is 0 Å². The van der Waals surface area contributed by atoms with E-state index in [1.54, 1.807) is 0 Å². The first kappa shape index (κ1) is 17.1. The lowest BCUT2D eigenvalue weighted by atomic mass is 10.2. The Bertz CT molecular complexity index is 622. The van der Waals surface area contributed by atoms with Gasteiger partial charge in [-0.2, -0.15) is 4.98 Å². The van der Waals surface area contributed by atoms with Gasteiger partial charge >= 0.3 is 0 Å². The van der Waals surface area contributed by atoms with Crippen LogP contribution >= 0.6 is 0 Å². The van der Waals surface area contributed by atoms with Crippen molar-refractivity contribution in [3.8, 4) is 0 Å². The van der Waals surface area contributed by atoms with Crippen LogP contribution in [0.3, 0.4) is 0 Å². The maximum Gasteiger partial charge on any atom is 0.227 e. The molecule has 5 nitrogen and oxygen atoms in total. The second-order valence-electron chi connectivity index (χ2n) is 6.04. The third-order valence-corrected chi connectivity index (χ3v) is 3.69. The molecule has 0 aliphatic heterocycles. The highest BCUT2D eigenvalue weighted by molar-refractivity contribution is 5.61. The highest BCUT2D eigenvalue weighted by Gasteiger charge is 2.07. The van der Waals surface area contributed by atoms with Crippen LogP contribution in [0.1, 0.15) is 25.5 Å². The molecule has 0 spiro atoms. The molecule has 0 amide bonds. The lowest BCUT2D eigenvalue weighted by Crippen LogP contribution is -2.21. The van der Waals surface area contributed by atoms with Crippen molar-refractivity contribution in [1.29, 1.82) is 0 Å². The van der Waals surface area contributed by atoms with Crippen molar-refractivity contribution in [3.63, 3.8) is 0 Å². The van der Waals surface area contributed by atoms with Crippen molar-refractivity contribution in [2.75, 3.05) is 42.8 Å². The van der Waals surface area contributed by atoms with Crippen molar-refractivity contribution >= 4 is 23.1 Å². The number of aryl methyl sites for hydroxylation is 1. The minimum absolute atomic E-state index is 0.769. The summed E-state index contributed by atoms with van der Waals surface area (Å²) in [6.07, 6.45) is 2.31. The summed E-state index contributed by atoms with van der Waals surface area (Å²) in [4.78, 5) is 13.4. The number of unbranched alkanes of at least 4 members (excludes halogenated alkanes) is 1. The van der Waals surface area contributed by atoms with Gasteiger partial charge in [0.05, 0.1) is 0 Å². The van der Waals surface area contributed by atoms with Gasteiger partial charge in [-0.25, -0.2) is 4.98 Å². The summed E-state index contributed by atoms with van der Waals surface area (Å²) >= 11 is 0. The summed E-state index contributed by atoms with van der Waals surface area (Å²) in [5.41, 5.74) is 3.16. The summed E-state index contributed by atoms with van der Waals surface area (Å²) in [6.45, 7) is 5.16. The van der Waals surface area contributed by atoms with Gasteiger partial charge in [0.15, 0.2) is 0 Å². The first-order valence-corrected chi connectivity index (χ1v) is 8.11. The molecule has 1 aromatic heterocycles. The lowest BCUT2D eigenvalue weighted by molar-refractivity contribution is 0.749. The number of benzene rings is 1. The summed E-state index contributed by atoms with van der Waals surface area (Å²) in [6, 6.07) is 10.3. The molecule has 0 atom stereocenters. The minimum atomic E-state index is 0.769. The molecule has 1 heterocycles. The monoisotopic (exact) mass is 313 g/mol. The van der Waals surface area contributed by atoms with Gasteiger partial charge in [0.2, 0.25) is 5.95 Å². The highest BCUT2D eigenvalue weighted by atomic mass is 15.2. The summed E-state index contributed by atoms with van der Waals surface area (Å²) in [5.74, 6) is 1.60. The first-order chi connectivity index (χ1) is 11.0. The fraction of sp³-hybridized carbons (Fsp3) is 0.444. The average Bonchev–Trinajstić information content (AvgIpc) is 2.52. The van der Waals surface area contributed by atoms with Gasteiger partial charge in [-0.05, 0) is 37.6 Å². The molecular weight excluding hydrogens is 286 g/mol. The Morgan fingerprint density at radius 3 is 2.35 bits per heavy atom. The van der Waals surface area contributed by atoms with E-state index < -0.39 is 0 Å². The molecule has 0 unspecified atom stereocenters. The molecule has 124 valence electrons. The maximum absolute atomic E-state index is 4.63. The van der Waals surface area contributed by atoms with Crippen molar-refractivity contribution in [2.45, 2.75) is 26.7 Å². The number of nitrogens with zero attached hydrogens (tertiary/aromatic N) is 4. The normalized spacial score (nSPS) is 10.5. The Morgan fingerprint density at radius 2 is 1.74 bits per heavy atom. The zero-order chi connectivity index (χ0) is 16.8. The third kappa shape index (κ3) is 4.84. The van der Waals surface area contributed by atoms with Crippen molar-refractivity contribution in [1.82, 2.24) is 9.97 Å². The smallest absolute Gasteiger partial charge is 0.227 e. The zero-order valence-electron chi connectivity index (χ0n) is 14.8. The number of hydrogen-bond acceptors (Lipinski definition) is 5. The van der Waals surface area contributed by atoms with Crippen LogP contribution in [0.4, 0.5) is 23.1 Å². The predicted molar refractivity (Wildman–Crippen MR) is 99.0 cm³/mol. The van der Waals surface area contributed by atoms with E-state index in [-0.39, 0.29) is 0 Å². The Balaban J connectivity index is 2.14. The van der Waals surface area contributed by atoms with Crippen molar-refractivity contribution in [2.24, 2.45) is 0 Å². The molecule has 1 N–H and O–H groups in total. The zero-order valence-corrected chi connectivity index (χ0v) is 14.8. The molecule has 5 heteroatoms. The largest absolute Gasteiger partial charge is 0.378 e. The molecule has 0 saturated carbocycles. The second kappa shape index (κ2) is 7.81. The fourth-order valence-corrected chi connectivity index (χ4v) is 2.27. The third-order valence-electron chi connectivity index (χ3n) is 3.69. The molecule has 0 aliphatic carbocycles. The number of rotatable bonds is 7. The van der Waals surface area contributed by atoms with Gasteiger partial charge in [-0.1, -0.05) is 13.3 Å². The fourth-order valence-electron chi connectivity index (χ4n) is 2.27. The second-order valence-corrected chi connectivity index (χ2v) is 6.04. The van der Waals surface area contributed by atoms with E-state index in [0.717, 1.165) is 36.1 Å². The number of hydrogen-bond donors (Lipinski definition) is 1. The van der Waals surface area contributed by atoms with E-state index in [2.05, 4.69) is 56.3 Å². The summed E-state index contributed by atoms with van der Waals surface area (Å²) < 4.78 is 0. The van der Waals surface area contributed by atoms with Crippen LogP contribution in [0.25, 0.3) is 0 Å². The molecule has 0 bridgehead atoms. The molecule has 2 aromatic rings. The summed E-state index contributed by atoms with van der Waals surface area (Å²) in [7, 11) is 6.11. The van der Waals surface area contributed by atoms with E-state index in [1.165, 1.54) is 12.1 Å². The SMILES string of the molecule is CCCCN(C)c1nc(C)cc(Nc2ccc(N(C)C)cc2)n1. The van der Waals surface area contributed by atoms with E-state index in [1.807, 2.05) is 34.1 Å². The van der Waals surface area contributed by atoms with E-state index in [9.17, 15) is 0 Å². The van der Waals surface area contributed by atoms with Gasteiger partial charge in [-0.15, -0.1) is 0 Å². The van der Waals surface area contributed by atoms with Gasteiger partial charge in [0, 0.05) is 50.8 Å². The quantitative estimate of drug-likeness (QED) is 0.841. The maximum atomic E-state index is 4.63. The van der Waals surface area contributed by atoms with Gasteiger partial charge in [0.25, 0.3) is 0 Å². The molecule has 0 fully saturated rings. The van der Waals surface area contributed by atoms with Crippen LogP contribution in [-0.4, -0.2) is 37.7 Å². The molecule has 1 aromatic carbocycles. The summed E-state index contributed by atoms with van der Waals surface area (Å²) in [5, 5.41) is 3.37. The van der Waals surface area contributed by atoms with Crippen LogP contribution in [0, 0.1) is 6.92 Å². The van der Waals surface area contributed by atoms with Crippen molar-refractivity contribution < 1.29 is 0 Å². The van der Waals surface area contributed by atoms with Gasteiger partial charge < -0.3 is 15.1 Å². The van der Waals surface area contributed by atoms with Crippen LogP contribution in [0.2, 0.25) is 0 Å². The Hall–Kier alpha value is -2.30. The topological polar surface area (TPSA) is 44.3 Å². The molecule has 0 aliphatic rings. The Morgan fingerprint density at radius 1 is 1.04 bits per heavy atom. The van der Waals surface area contributed by atoms with Gasteiger partial charge in [0.1, 0.15) is 5.82 Å². The van der Waals surface area contributed by atoms with Crippen LogP contribution < -0.4 is 15.1 Å². The number of anilines is 4. The molecule has 2 rings (SSSR count). The minimum Gasteiger partial charge on any atom is -0.378 e. The molecule has 23 heavy (non-hydrogen) atoms. The van der Waals surface area contributed by atoms with Crippen LogP contribution in [0.5, 0.6) is 0 Å². The molecule has 0 radical (unpaired) electrons. The average molecular weight is 313 g/mol. The van der Waals surface area contributed by atoms with Crippen LogP contribution in [0.15, 0.2) is 30.3 Å². The Labute approximate surface area is 139 Å². The molecular formula is C18H27N5. The lowest BCUT2D eigenvalue weighted by Gasteiger charge is -2.18. The van der Waals surface area contributed by atoms with Crippen LogP contribution in [-0.2, 0) is 0 Å². The number of aromatic nitrogens is 2. The molecule has 0 saturated heterocycles. The first-order valence-electron chi connectivity index (χ1n) is 8.11. The van der Waals surface area contributed by atoms with E-state index in [0.29, 0.717) is 0 Å². The van der Waals surface area contributed by atoms with E-state index in [4.69, 9.17) is 0 Å². The highest BCUT2D eigenvalue weighted by Crippen LogP contribution is 2.21. The standard InChI is InChI=1S/C18H27N5/c1-6-7-12-23(5)18-19-14(2)13-17(21-18)20-15-8-10-16(11-9-15)22(3)4/h8-11,13H,6-7,12H2,1-5H3,(H,19,20,21).